The van der Waals surface area contributed by atoms with Crippen LogP contribution in [0.4, 0.5) is 40.6 Å². The van der Waals surface area contributed by atoms with Gasteiger partial charge in [0.05, 0.1) is 37.8 Å². The van der Waals surface area contributed by atoms with Gasteiger partial charge in [0.1, 0.15) is 22.9 Å². The number of methoxy groups -OCH3 is 1. The maximum Gasteiger partial charge on any atom is 0.420 e. The number of nitrogens with one attached hydrogen (secondary N) is 3. The highest BCUT2D eigenvalue weighted by Gasteiger charge is 2.34. The smallest absolute Gasteiger partial charge is 0.420 e. The quantitative estimate of drug-likeness (QED) is 0.144. The molecule has 1 aromatic heterocycles. The van der Waals surface area contributed by atoms with Crippen LogP contribution in [0, 0.1) is 5.82 Å². The first-order chi connectivity index (χ1) is 20.6. The molecule has 2 heterocycles. The Labute approximate surface area is 244 Å². The summed E-state index contributed by atoms with van der Waals surface area (Å²) in [5.41, 5.74) is 5.16. The first kappa shape index (κ1) is 31.2. The van der Waals surface area contributed by atoms with E-state index in [-0.39, 0.29) is 34.4 Å². The van der Waals surface area contributed by atoms with Crippen molar-refractivity contribution in [3.63, 3.8) is 0 Å². The predicted molar refractivity (Wildman–Crippen MR) is 154 cm³/mol. The number of hydrogen-bond acceptors (Lipinski definition) is 9. The molecule has 0 unspecified atom stereocenters. The van der Waals surface area contributed by atoms with Gasteiger partial charge < -0.3 is 31.2 Å². The number of amidine groups is 1. The lowest BCUT2D eigenvalue weighted by molar-refractivity contribution is -0.138. The number of alkyl halides is 3. The van der Waals surface area contributed by atoms with E-state index in [2.05, 4.69) is 42.4 Å². The van der Waals surface area contributed by atoms with Gasteiger partial charge in [-0.1, -0.05) is 6.58 Å². The van der Waals surface area contributed by atoms with Gasteiger partial charge in [-0.15, -0.1) is 0 Å². The van der Waals surface area contributed by atoms with Crippen molar-refractivity contribution in [2.24, 2.45) is 10.7 Å². The molecule has 1 saturated heterocycles. The van der Waals surface area contributed by atoms with Crippen LogP contribution in [-0.2, 0) is 10.9 Å². The largest absolute Gasteiger partial charge is 0.496 e. The van der Waals surface area contributed by atoms with Crippen molar-refractivity contribution in [3.8, 4) is 5.75 Å². The number of carbonyl (C=O) groups is 1. The van der Waals surface area contributed by atoms with Gasteiger partial charge in [-0.05, 0) is 42.6 Å². The van der Waals surface area contributed by atoms with Crippen LogP contribution < -0.4 is 26.4 Å². The van der Waals surface area contributed by atoms with Gasteiger partial charge in [0.25, 0.3) is 5.91 Å². The SMILES string of the molecule is C=CNc1cnc(NCCN2CCOCC2)nc1C(N)=Nc1cc(C(=O)Nc2ccc(OC)c(C(F)(F)F)c2)ccc1F. The van der Waals surface area contributed by atoms with Gasteiger partial charge in [0, 0.05) is 37.4 Å². The summed E-state index contributed by atoms with van der Waals surface area (Å²) in [6.45, 7) is 7.92. The van der Waals surface area contributed by atoms with Gasteiger partial charge in [-0.2, -0.15) is 13.2 Å². The fourth-order valence-electron chi connectivity index (χ4n) is 4.16. The lowest BCUT2D eigenvalue weighted by Crippen LogP contribution is -2.39. The maximum atomic E-state index is 14.8. The minimum Gasteiger partial charge on any atom is -0.496 e. The number of ether oxygens (including phenoxy) is 2. The highest BCUT2D eigenvalue weighted by atomic mass is 19.4. The molecule has 0 spiro atoms. The second-order valence-electron chi connectivity index (χ2n) is 9.22. The Morgan fingerprint density at radius 1 is 1.23 bits per heavy atom. The van der Waals surface area contributed by atoms with Crippen molar-refractivity contribution in [2.45, 2.75) is 6.18 Å². The van der Waals surface area contributed by atoms with Gasteiger partial charge >= 0.3 is 6.18 Å². The standard InChI is InChI=1S/C28H30F4N8O3/c1-3-34-22-16-36-27(35-8-9-40-10-12-43-13-11-40)39-24(22)25(33)38-21-14-17(4-6-20(21)29)26(41)37-18-5-7-23(42-2)19(15-18)28(30,31)32/h3-7,14-16,34H,1,8-13H2,2H3,(H2,33,38)(H,37,41)(H,35,36,39). The van der Waals surface area contributed by atoms with E-state index in [0.29, 0.717) is 25.4 Å². The number of rotatable bonds is 11. The third-order valence-corrected chi connectivity index (χ3v) is 6.32. The molecule has 3 aromatic rings. The van der Waals surface area contributed by atoms with Crippen LogP contribution in [0.2, 0.25) is 0 Å². The van der Waals surface area contributed by atoms with Crippen LogP contribution in [0.15, 0.2) is 60.4 Å². The Kier molecular flexibility index (Phi) is 10.1. The second-order valence-corrected chi connectivity index (χ2v) is 9.22. The molecule has 15 heteroatoms. The molecule has 1 fully saturated rings. The second kappa shape index (κ2) is 13.9. The van der Waals surface area contributed by atoms with E-state index in [0.717, 1.165) is 51.0 Å². The monoisotopic (exact) mass is 602 g/mol. The first-order valence-electron chi connectivity index (χ1n) is 13.1. The molecule has 1 amide bonds. The van der Waals surface area contributed by atoms with Gasteiger partial charge in [-0.3, -0.25) is 9.69 Å². The number of aromatic nitrogens is 2. The normalized spacial score (nSPS) is 14.2. The average molecular weight is 603 g/mol. The first-order valence-corrected chi connectivity index (χ1v) is 13.1. The molecule has 0 saturated carbocycles. The van der Waals surface area contributed by atoms with Crippen molar-refractivity contribution < 1.29 is 31.8 Å². The number of anilines is 3. The zero-order valence-corrected chi connectivity index (χ0v) is 23.2. The Balaban J connectivity index is 1.54. The highest BCUT2D eigenvalue weighted by Crippen LogP contribution is 2.37. The summed E-state index contributed by atoms with van der Waals surface area (Å²) in [4.78, 5) is 27.9. The van der Waals surface area contributed by atoms with Crippen LogP contribution in [0.3, 0.4) is 0 Å². The van der Waals surface area contributed by atoms with E-state index in [4.69, 9.17) is 15.2 Å². The molecule has 228 valence electrons. The number of aliphatic imine (C=N–C) groups is 1. The Bertz CT molecular complexity index is 1490. The molecule has 43 heavy (non-hydrogen) atoms. The van der Waals surface area contributed by atoms with Crippen LogP contribution in [0.25, 0.3) is 0 Å². The summed E-state index contributed by atoms with van der Waals surface area (Å²) in [5, 5.41) is 8.35. The van der Waals surface area contributed by atoms with E-state index in [9.17, 15) is 22.4 Å². The van der Waals surface area contributed by atoms with Crippen LogP contribution in [0.1, 0.15) is 21.6 Å². The van der Waals surface area contributed by atoms with E-state index in [1.54, 1.807) is 0 Å². The average Bonchev–Trinajstić information content (AvgIpc) is 2.99. The molecule has 4 rings (SSSR count). The molecule has 2 aromatic carbocycles. The fraction of sp³-hybridized carbons (Fsp3) is 0.286. The molecule has 5 N–H and O–H groups in total. The molecule has 0 bridgehead atoms. The van der Waals surface area contributed by atoms with Crippen LogP contribution >= 0.6 is 0 Å². The van der Waals surface area contributed by atoms with Crippen molar-refractivity contribution in [3.05, 3.63) is 78.0 Å². The third kappa shape index (κ3) is 8.17. The molecule has 0 aliphatic carbocycles. The molecular weight excluding hydrogens is 572 g/mol. The number of nitrogens with two attached hydrogens (primary N) is 1. The van der Waals surface area contributed by atoms with E-state index in [1.165, 1.54) is 24.5 Å². The summed E-state index contributed by atoms with van der Waals surface area (Å²) in [6, 6.07) is 6.37. The molecule has 0 radical (unpaired) electrons. The van der Waals surface area contributed by atoms with E-state index in [1.807, 2.05) is 0 Å². The van der Waals surface area contributed by atoms with Gasteiger partial charge in [0.15, 0.2) is 5.84 Å². The van der Waals surface area contributed by atoms with Crippen LogP contribution in [-0.4, -0.2) is 73.1 Å². The number of hydrogen-bond donors (Lipinski definition) is 4. The van der Waals surface area contributed by atoms with Crippen molar-refractivity contribution in [1.29, 1.82) is 0 Å². The number of benzene rings is 2. The number of morpholine rings is 1. The minimum atomic E-state index is -4.71. The van der Waals surface area contributed by atoms with Crippen molar-refractivity contribution in [2.75, 3.05) is 62.5 Å². The zero-order chi connectivity index (χ0) is 31.0. The summed E-state index contributed by atoms with van der Waals surface area (Å²) in [7, 11) is 1.11. The molecule has 11 nitrogen and oxygen atoms in total. The lowest BCUT2D eigenvalue weighted by atomic mass is 10.1. The number of carbonyl (C=O) groups excluding carboxylic acids is 1. The Hall–Kier alpha value is -4.76. The van der Waals surface area contributed by atoms with E-state index < -0.39 is 29.2 Å². The summed E-state index contributed by atoms with van der Waals surface area (Å²) in [6.07, 6.45) is -1.86. The van der Waals surface area contributed by atoms with E-state index >= 15 is 0 Å². The summed E-state index contributed by atoms with van der Waals surface area (Å²) < 4.78 is 65.0. The lowest BCUT2D eigenvalue weighted by Gasteiger charge is -2.26. The Morgan fingerprint density at radius 3 is 2.70 bits per heavy atom. The predicted octanol–water partition coefficient (Wildman–Crippen LogP) is 4.23. The fourth-order valence-corrected chi connectivity index (χ4v) is 4.16. The van der Waals surface area contributed by atoms with Crippen molar-refractivity contribution >= 4 is 34.8 Å². The third-order valence-electron chi connectivity index (χ3n) is 6.32. The number of amides is 1. The zero-order valence-electron chi connectivity index (χ0n) is 23.2. The molecule has 1 aliphatic heterocycles. The maximum absolute atomic E-state index is 14.8. The molecule has 0 atom stereocenters. The summed E-state index contributed by atoms with van der Waals surface area (Å²) in [5.74, 6) is -1.91. The molecular formula is C28H30F4N8O3. The highest BCUT2D eigenvalue weighted by molar-refractivity contribution is 6.06. The minimum absolute atomic E-state index is 0.0741. The topological polar surface area (TPSA) is 139 Å². The van der Waals surface area contributed by atoms with Crippen molar-refractivity contribution in [1.82, 2.24) is 14.9 Å². The van der Waals surface area contributed by atoms with Gasteiger partial charge in [0.2, 0.25) is 5.95 Å². The summed E-state index contributed by atoms with van der Waals surface area (Å²) >= 11 is 0. The Morgan fingerprint density at radius 2 is 2.00 bits per heavy atom. The van der Waals surface area contributed by atoms with Crippen LogP contribution in [0.5, 0.6) is 5.75 Å². The number of halogens is 4. The number of nitrogens with zero attached hydrogens (tertiary/aromatic N) is 4. The molecule has 1 aliphatic rings. The van der Waals surface area contributed by atoms with Gasteiger partial charge in [-0.25, -0.2) is 19.4 Å².